The van der Waals surface area contributed by atoms with Crippen molar-refractivity contribution < 1.29 is 18.3 Å². The van der Waals surface area contributed by atoms with Crippen molar-refractivity contribution in [3.05, 3.63) is 47.5 Å². The van der Waals surface area contributed by atoms with Crippen LogP contribution in [0.25, 0.3) is 10.2 Å². The first-order chi connectivity index (χ1) is 11.5. The molecule has 0 aliphatic carbocycles. The van der Waals surface area contributed by atoms with Gasteiger partial charge in [-0.1, -0.05) is 23.5 Å². The van der Waals surface area contributed by atoms with Crippen molar-refractivity contribution in [1.82, 2.24) is 4.98 Å². The molecule has 0 aliphatic rings. The van der Waals surface area contributed by atoms with E-state index in [1.54, 1.807) is 6.07 Å². The Morgan fingerprint density at radius 2 is 1.88 bits per heavy atom. The summed E-state index contributed by atoms with van der Waals surface area (Å²) in [7, 11) is 1.53. The van der Waals surface area contributed by atoms with Crippen molar-refractivity contribution in [3.63, 3.8) is 0 Å². The fourth-order valence-electron chi connectivity index (χ4n) is 2.19. The number of amides is 2. The number of hydrogen-bond acceptors (Lipinski definition) is 4. The van der Waals surface area contributed by atoms with Crippen LogP contribution in [-0.4, -0.2) is 18.1 Å². The Balaban J connectivity index is 1.85. The van der Waals surface area contributed by atoms with Gasteiger partial charge in [-0.15, -0.1) is 0 Å². The number of benzene rings is 2. The smallest absolute Gasteiger partial charge is 0.325 e. The van der Waals surface area contributed by atoms with Crippen LogP contribution in [0.15, 0.2) is 30.3 Å². The molecule has 2 N–H and O–H groups in total. The highest BCUT2D eigenvalue weighted by atomic mass is 32.1. The molecule has 0 fully saturated rings. The summed E-state index contributed by atoms with van der Waals surface area (Å²) in [5.41, 5.74) is 1.09. The summed E-state index contributed by atoms with van der Waals surface area (Å²) < 4.78 is 33.2. The number of urea groups is 1. The molecule has 3 aromatic rings. The third-order valence-corrected chi connectivity index (χ3v) is 4.45. The van der Waals surface area contributed by atoms with Crippen LogP contribution in [0.2, 0.25) is 0 Å². The average Bonchev–Trinajstić information content (AvgIpc) is 2.96. The number of aryl methyl sites for hydroxylation is 1. The van der Waals surface area contributed by atoms with Crippen molar-refractivity contribution in [2.75, 3.05) is 17.7 Å². The maximum Gasteiger partial charge on any atom is 0.325 e. The van der Waals surface area contributed by atoms with Crippen LogP contribution in [0.5, 0.6) is 5.75 Å². The van der Waals surface area contributed by atoms with Gasteiger partial charge in [0.05, 0.1) is 11.8 Å². The van der Waals surface area contributed by atoms with E-state index in [9.17, 15) is 13.6 Å². The lowest BCUT2D eigenvalue weighted by Gasteiger charge is -2.07. The second-order valence-electron chi connectivity index (χ2n) is 4.96. The molecule has 8 heteroatoms. The molecular formula is C16H13F2N3O2S. The average molecular weight is 349 g/mol. The first-order valence-corrected chi connectivity index (χ1v) is 7.77. The number of carbonyl (C=O) groups is 1. The fourth-order valence-corrected chi connectivity index (χ4v) is 3.13. The van der Waals surface area contributed by atoms with Gasteiger partial charge in [0.2, 0.25) is 0 Å². The van der Waals surface area contributed by atoms with E-state index in [1.807, 2.05) is 13.0 Å². The summed E-state index contributed by atoms with van der Waals surface area (Å²) in [6.45, 7) is 1.92. The van der Waals surface area contributed by atoms with Gasteiger partial charge in [0.1, 0.15) is 28.6 Å². The predicted molar refractivity (Wildman–Crippen MR) is 89.9 cm³/mol. The van der Waals surface area contributed by atoms with Crippen LogP contribution < -0.4 is 15.4 Å². The van der Waals surface area contributed by atoms with Gasteiger partial charge in [-0.25, -0.2) is 18.6 Å². The summed E-state index contributed by atoms with van der Waals surface area (Å²) in [4.78, 5) is 16.3. The number of rotatable bonds is 3. The van der Waals surface area contributed by atoms with Gasteiger partial charge in [-0.2, -0.15) is 0 Å². The zero-order valence-electron chi connectivity index (χ0n) is 12.8. The Kier molecular flexibility index (Phi) is 4.30. The highest BCUT2D eigenvalue weighted by molar-refractivity contribution is 7.22. The van der Waals surface area contributed by atoms with Crippen LogP contribution in [0.3, 0.4) is 0 Å². The molecule has 5 nitrogen and oxygen atoms in total. The van der Waals surface area contributed by atoms with Crippen molar-refractivity contribution in [3.8, 4) is 5.75 Å². The Labute approximate surface area is 140 Å². The van der Waals surface area contributed by atoms with E-state index in [0.717, 1.165) is 22.4 Å². The number of aromatic nitrogens is 1. The minimum absolute atomic E-state index is 0.298. The van der Waals surface area contributed by atoms with E-state index in [2.05, 4.69) is 15.6 Å². The second kappa shape index (κ2) is 6.40. The topological polar surface area (TPSA) is 63.2 Å². The van der Waals surface area contributed by atoms with Crippen molar-refractivity contribution in [1.29, 1.82) is 0 Å². The van der Waals surface area contributed by atoms with E-state index in [-0.39, 0.29) is 0 Å². The molecule has 0 radical (unpaired) electrons. The van der Waals surface area contributed by atoms with Crippen molar-refractivity contribution in [2.24, 2.45) is 0 Å². The number of anilines is 2. The highest BCUT2D eigenvalue weighted by Gasteiger charge is 2.15. The molecule has 24 heavy (non-hydrogen) atoms. The quantitative estimate of drug-likeness (QED) is 0.730. The largest absolute Gasteiger partial charge is 0.494 e. The molecule has 3 rings (SSSR count). The number of nitrogens with zero attached hydrogens (tertiary/aromatic N) is 1. The second-order valence-corrected chi connectivity index (χ2v) is 5.96. The normalized spacial score (nSPS) is 10.7. The SMILES string of the molecule is COc1ccc(C)c2sc(NC(=O)Nc3c(F)cccc3F)nc12. The molecule has 0 saturated heterocycles. The van der Waals surface area contributed by atoms with Gasteiger partial charge in [-0.3, -0.25) is 5.32 Å². The van der Waals surface area contributed by atoms with Gasteiger partial charge < -0.3 is 10.1 Å². The van der Waals surface area contributed by atoms with Crippen LogP contribution in [-0.2, 0) is 0 Å². The molecule has 124 valence electrons. The summed E-state index contributed by atoms with van der Waals surface area (Å²) in [5, 5.41) is 4.93. The lowest BCUT2D eigenvalue weighted by molar-refractivity contribution is 0.262. The number of halogens is 2. The van der Waals surface area contributed by atoms with Gasteiger partial charge in [-0.05, 0) is 30.7 Å². The summed E-state index contributed by atoms with van der Waals surface area (Å²) in [6, 6.07) is 6.23. The Morgan fingerprint density at radius 3 is 2.54 bits per heavy atom. The van der Waals surface area contributed by atoms with Crippen molar-refractivity contribution >= 4 is 38.4 Å². The predicted octanol–water partition coefficient (Wildman–Crippen LogP) is 4.54. The molecule has 0 atom stereocenters. The van der Waals surface area contributed by atoms with E-state index >= 15 is 0 Å². The maximum atomic E-state index is 13.6. The van der Waals surface area contributed by atoms with Crippen LogP contribution in [0.1, 0.15) is 5.56 Å². The minimum atomic E-state index is -0.855. The fraction of sp³-hybridized carbons (Fsp3) is 0.125. The maximum absolute atomic E-state index is 13.6. The molecule has 1 aromatic heterocycles. The number of hydrogen-bond donors (Lipinski definition) is 2. The van der Waals surface area contributed by atoms with Gasteiger partial charge in [0, 0.05) is 0 Å². The number of thiazole rings is 1. The monoisotopic (exact) mass is 349 g/mol. The molecule has 0 spiro atoms. The Bertz CT molecular complexity index is 907. The Morgan fingerprint density at radius 1 is 1.17 bits per heavy atom. The first kappa shape index (κ1) is 16.1. The summed E-state index contributed by atoms with van der Waals surface area (Å²) in [6.07, 6.45) is 0. The molecular weight excluding hydrogens is 336 g/mol. The van der Waals surface area contributed by atoms with E-state index in [4.69, 9.17) is 4.74 Å². The molecule has 0 bridgehead atoms. The lowest BCUT2D eigenvalue weighted by atomic mass is 10.2. The van der Waals surface area contributed by atoms with Crippen LogP contribution >= 0.6 is 11.3 Å². The summed E-state index contributed by atoms with van der Waals surface area (Å²) >= 11 is 1.25. The standard InChI is InChI=1S/C16H13F2N3O2S/c1-8-6-7-11(23-2)13-14(8)24-16(20-13)21-15(22)19-12-9(17)4-3-5-10(12)18/h3-7H,1-2H3,(H2,19,20,21,22). The first-order valence-electron chi connectivity index (χ1n) is 6.95. The third kappa shape index (κ3) is 3.00. The molecule has 1 heterocycles. The van der Waals surface area contributed by atoms with Gasteiger partial charge in [0.25, 0.3) is 0 Å². The molecule has 0 unspecified atom stereocenters. The number of nitrogens with one attached hydrogen (secondary N) is 2. The van der Waals surface area contributed by atoms with E-state index in [1.165, 1.54) is 24.5 Å². The summed E-state index contributed by atoms with van der Waals surface area (Å²) in [5.74, 6) is -1.13. The zero-order valence-corrected chi connectivity index (χ0v) is 13.6. The van der Waals surface area contributed by atoms with Crippen LogP contribution in [0.4, 0.5) is 24.4 Å². The molecule has 2 aromatic carbocycles. The van der Waals surface area contributed by atoms with Crippen LogP contribution in [0, 0.1) is 18.6 Å². The number of para-hydroxylation sites is 1. The molecule has 2 amide bonds. The number of methoxy groups -OCH3 is 1. The lowest BCUT2D eigenvalue weighted by Crippen LogP contribution is -2.20. The van der Waals surface area contributed by atoms with Gasteiger partial charge >= 0.3 is 6.03 Å². The number of carbonyl (C=O) groups excluding carboxylic acids is 1. The molecule has 0 saturated carbocycles. The number of ether oxygens (including phenoxy) is 1. The number of fused-ring (bicyclic) bond motifs is 1. The molecule has 0 aliphatic heterocycles. The zero-order chi connectivity index (χ0) is 17.3. The van der Waals surface area contributed by atoms with E-state index < -0.39 is 23.4 Å². The Hall–Kier alpha value is -2.74. The minimum Gasteiger partial charge on any atom is -0.494 e. The van der Waals surface area contributed by atoms with Gasteiger partial charge in [0.15, 0.2) is 5.13 Å². The third-order valence-electron chi connectivity index (χ3n) is 3.35. The van der Waals surface area contributed by atoms with Crippen molar-refractivity contribution in [2.45, 2.75) is 6.92 Å². The highest BCUT2D eigenvalue weighted by Crippen LogP contribution is 2.34. The van der Waals surface area contributed by atoms with E-state index in [0.29, 0.717) is 16.4 Å².